The summed E-state index contributed by atoms with van der Waals surface area (Å²) in [5, 5.41) is 3.68. The third-order valence-electron chi connectivity index (χ3n) is 5.89. The maximum atomic E-state index is 14.4. The summed E-state index contributed by atoms with van der Waals surface area (Å²) in [4.78, 5) is 32.3. The largest absolute Gasteiger partial charge is 0.451 e. The molecule has 178 valence electrons. The number of nitrogens with zero attached hydrogens (tertiary/aromatic N) is 2. The first kappa shape index (κ1) is 23.0. The minimum atomic E-state index is -0.407. The van der Waals surface area contributed by atoms with E-state index in [0.717, 1.165) is 11.1 Å². The van der Waals surface area contributed by atoms with Crippen molar-refractivity contribution in [1.29, 1.82) is 0 Å². The maximum Gasteiger partial charge on any atom is 0.259 e. The standard InChI is InChI=1S/C29H22FN3O3/c1-19-6-12-22(13-7-19)33(29(35)25-14-15-26(30)24-5-3-2-4-23(24)25)16-28(34)32-21-10-8-20(9-11-21)27-17-36-18-31-27/h2-15,17-18H,16H2,1H3,(H,32,34). The second kappa shape index (κ2) is 9.84. The first-order valence-electron chi connectivity index (χ1n) is 11.3. The lowest BCUT2D eigenvalue weighted by Gasteiger charge is -2.23. The number of hydrogen-bond donors (Lipinski definition) is 1. The number of hydrogen-bond acceptors (Lipinski definition) is 4. The molecule has 0 aliphatic rings. The number of halogens is 1. The Morgan fingerprint density at radius 1 is 0.917 bits per heavy atom. The van der Waals surface area contributed by atoms with Crippen LogP contribution in [0, 0.1) is 12.7 Å². The van der Waals surface area contributed by atoms with Crippen molar-refractivity contribution in [3.63, 3.8) is 0 Å². The highest BCUT2D eigenvalue weighted by Gasteiger charge is 2.23. The van der Waals surface area contributed by atoms with Gasteiger partial charge in [0, 0.05) is 27.9 Å². The summed E-state index contributed by atoms with van der Waals surface area (Å²) in [6, 6.07) is 24.0. The number of carbonyl (C=O) groups is 2. The van der Waals surface area contributed by atoms with Crippen LogP contribution < -0.4 is 10.2 Å². The van der Waals surface area contributed by atoms with Crippen molar-refractivity contribution in [2.75, 3.05) is 16.8 Å². The fraction of sp³-hybridized carbons (Fsp3) is 0.0690. The Bertz CT molecular complexity index is 1530. The second-order valence-electron chi connectivity index (χ2n) is 8.37. The summed E-state index contributed by atoms with van der Waals surface area (Å²) in [6.45, 7) is 1.72. The molecule has 5 aromatic rings. The molecule has 0 unspecified atom stereocenters. The zero-order valence-corrected chi connectivity index (χ0v) is 19.4. The van der Waals surface area contributed by atoms with Crippen molar-refractivity contribution >= 4 is 34.0 Å². The van der Waals surface area contributed by atoms with Crippen LogP contribution in [-0.2, 0) is 4.79 Å². The van der Waals surface area contributed by atoms with Crippen LogP contribution in [0.15, 0.2) is 102 Å². The highest BCUT2D eigenvalue weighted by molar-refractivity contribution is 6.16. The summed E-state index contributed by atoms with van der Waals surface area (Å²) >= 11 is 0. The predicted molar refractivity (Wildman–Crippen MR) is 137 cm³/mol. The van der Waals surface area contributed by atoms with Gasteiger partial charge in [0.1, 0.15) is 24.3 Å². The molecule has 0 saturated carbocycles. The molecule has 0 fully saturated rings. The molecule has 0 aliphatic carbocycles. The lowest BCUT2D eigenvalue weighted by atomic mass is 10.0. The summed E-state index contributed by atoms with van der Waals surface area (Å²) in [6.07, 6.45) is 2.89. The Balaban J connectivity index is 1.42. The molecule has 5 rings (SSSR count). The molecule has 1 N–H and O–H groups in total. The van der Waals surface area contributed by atoms with Crippen LogP contribution >= 0.6 is 0 Å². The predicted octanol–water partition coefficient (Wildman–Crippen LogP) is 6.23. The van der Waals surface area contributed by atoms with Gasteiger partial charge in [-0.25, -0.2) is 9.37 Å². The lowest BCUT2D eigenvalue weighted by molar-refractivity contribution is -0.114. The van der Waals surface area contributed by atoms with Crippen LogP contribution in [0.4, 0.5) is 15.8 Å². The number of rotatable bonds is 6. The first-order valence-corrected chi connectivity index (χ1v) is 11.3. The Kier molecular flexibility index (Phi) is 6.28. The molecule has 0 bridgehead atoms. The van der Waals surface area contributed by atoms with Gasteiger partial charge in [0.2, 0.25) is 5.91 Å². The number of benzene rings is 4. The van der Waals surface area contributed by atoms with Crippen molar-refractivity contribution in [2.24, 2.45) is 0 Å². The molecule has 0 spiro atoms. The number of aryl methyl sites for hydroxylation is 1. The van der Waals surface area contributed by atoms with E-state index in [9.17, 15) is 14.0 Å². The minimum absolute atomic E-state index is 0.224. The van der Waals surface area contributed by atoms with Crippen LogP contribution in [0.2, 0.25) is 0 Å². The molecule has 0 atom stereocenters. The number of carbonyl (C=O) groups excluding carboxylic acids is 2. The molecular weight excluding hydrogens is 457 g/mol. The molecule has 6 nitrogen and oxygen atoms in total. The summed E-state index contributed by atoms with van der Waals surface area (Å²) in [5.74, 6) is -1.17. The van der Waals surface area contributed by atoms with E-state index in [0.29, 0.717) is 33.4 Å². The number of aromatic nitrogens is 1. The van der Waals surface area contributed by atoms with Gasteiger partial charge in [-0.3, -0.25) is 14.5 Å². The second-order valence-corrected chi connectivity index (χ2v) is 8.37. The number of amides is 2. The number of oxazole rings is 1. The van der Waals surface area contributed by atoms with Crippen LogP contribution in [0.25, 0.3) is 22.0 Å². The summed E-state index contributed by atoms with van der Waals surface area (Å²) in [7, 11) is 0. The van der Waals surface area contributed by atoms with Gasteiger partial charge in [-0.1, -0.05) is 54.1 Å². The highest BCUT2D eigenvalue weighted by atomic mass is 19.1. The van der Waals surface area contributed by atoms with Crippen molar-refractivity contribution < 1.29 is 18.4 Å². The fourth-order valence-corrected chi connectivity index (χ4v) is 4.02. The van der Waals surface area contributed by atoms with E-state index in [-0.39, 0.29) is 12.5 Å². The monoisotopic (exact) mass is 479 g/mol. The van der Waals surface area contributed by atoms with Gasteiger partial charge in [-0.2, -0.15) is 0 Å². The van der Waals surface area contributed by atoms with Gasteiger partial charge < -0.3 is 9.73 Å². The molecule has 2 amide bonds. The third-order valence-corrected chi connectivity index (χ3v) is 5.89. The Morgan fingerprint density at radius 3 is 2.33 bits per heavy atom. The summed E-state index contributed by atoms with van der Waals surface area (Å²) in [5.41, 5.74) is 4.02. The highest BCUT2D eigenvalue weighted by Crippen LogP contribution is 2.26. The van der Waals surface area contributed by atoms with E-state index in [1.165, 1.54) is 29.7 Å². The van der Waals surface area contributed by atoms with Crippen LogP contribution in [0.1, 0.15) is 15.9 Å². The van der Waals surface area contributed by atoms with Crippen molar-refractivity contribution in [1.82, 2.24) is 4.98 Å². The third kappa shape index (κ3) is 4.72. The Hall–Kier alpha value is -4.78. The Labute approximate surface area is 207 Å². The SMILES string of the molecule is Cc1ccc(N(CC(=O)Nc2ccc(-c3cocn3)cc2)C(=O)c2ccc(F)c3ccccc23)cc1. The molecule has 36 heavy (non-hydrogen) atoms. The lowest BCUT2D eigenvalue weighted by Crippen LogP contribution is -2.38. The van der Waals surface area contributed by atoms with Gasteiger partial charge in [0.15, 0.2) is 6.39 Å². The van der Waals surface area contributed by atoms with Gasteiger partial charge in [-0.05, 0) is 48.7 Å². The minimum Gasteiger partial charge on any atom is -0.451 e. The van der Waals surface area contributed by atoms with Crippen molar-refractivity contribution in [3.8, 4) is 11.3 Å². The summed E-state index contributed by atoms with van der Waals surface area (Å²) < 4.78 is 19.4. The normalized spacial score (nSPS) is 10.8. The molecule has 0 saturated heterocycles. The molecule has 1 aromatic heterocycles. The van der Waals surface area contributed by atoms with Crippen LogP contribution in [0.3, 0.4) is 0 Å². The van der Waals surface area contributed by atoms with Gasteiger partial charge >= 0.3 is 0 Å². The van der Waals surface area contributed by atoms with Gasteiger partial charge in [0.05, 0.1) is 0 Å². The van der Waals surface area contributed by atoms with Gasteiger partial charge in [-0.15, -0.1) is 0 Å². The molecule has 7 heteroatoms. The van der Waals surface area contributed by atoms with Crippen LogP contribution in [0.5, 0.6) is 0 Å². The van der Waals surface area contributed by atoms with E-state index in [4.69, 9.17) is 4.42 Å². The number of fused-ring (bicyclic) bond motifs is 1. The van der Waals surface area contributed by atoms with E-state index < -0.39 is 11.7 Å². The molecule has 0 radical (unpaired) electrons. The molecule has 4 aromatic carbocycles. The van der Waals surface area contributed by atoms with E-state index >= 15 is 0 Å². The average molecular weight is 480 g/mol. The van der Waals surface area contributed by atoms with E-state index in [1.807, 2.05) is 31.2 Å². The molecule has 1 heterocycles. The molecular formula is C29H22FN3O3. The molecule has 0 aliphatic heterocycles. The zero-order valence-electron chi connectivity index (χ0n) is 19.4. The van der Waals surface area contributed by atoms with Gasteiger partial charge in [0.25, 0.3) is 5.91 Å². The van der Waals surface area contributed by atoms with Crippen molar-refractivity contribution in [3.05, 3.63) is 115 Å². The van der Waals surface area contributed by atoms with E-state index in [2.05, 4.69) is 10.3 Å². The maximum absolute atomic E-state index is 14.4. The number of nitrogens with one attached hydrogen (secondary N) is 1. The first-order chi connectivity index (χ1) is 17.5. The van der Waals surface area contributed by atoms with Crippen molar-refractivity contribution in [2.45, 2.75) is 6.92 Å². The number of anilines is 2. The zero-order chi connectivity index (χ0) is 25.1. The quantitative estimate of drug-likeness (QED) is 0.313. The topological polar surface area (TPSA) is 75.4 Å². The van der Waals surface area contributed by atoms with E-state index in [1.54, 1.807) is 48.5 Å². The smallest absolute Gasteiger partial charge is 0.259 e. The Morgan fingerprint density at radius 2 is 1.64 bits per heavy atom. The fourth-order valence-electron chi connectivity index (χ4n) is 4.02. The van der Waals surface area contributed by atoms with Crippen LogP contribution in [-0.4, -0.2) is 23.3 Å². The average Bonchev–Trinajstić information content (AvgIpc) is 3.44.